The van der Waals surface area contributed by atoms with Crippen LogP contribution in [0.4, 0.5) is 5.69 Å². The maximum atomic E-state index is 12.1. The molecule has 0 unspecified atom stereocenters. The summed E-state index contributed by atoms with van der Waals surface area (Å²) in [5, 5.41) is 3.93. The molecule has 0 saturated carbocycles. The highest BCUT2D eigenvalue weighted by atomic mass is 32.1. The molecule has 0 spiro atoms. The second-order valence-electron chi connectivity index (χ2n) is 7.27. The third-order valence-corrected chi connectivity index (χ3v) is 5.76. The van der Waals surface area contributed by atoms with E-state index in [9.17, 15) is 9.59 Å². The number of para-hydroxylation sites is 1. The first kappa shape index (κ1) is 21.0. The number of fused-ring (bicyclic) bond motifs is 1. The van der Waals surface area contributed by atoms with E-state index in [0.717, 1.165) is 45.7 Å². The number of ether oxygens (including phenoxy) is 1. The van der Waals surface area contributed by atoms with Gasteiger partial charge in [-0.25, -0.2) is 4.98 Å². The molecule has 1 aromatic heterocycles. The molecule has 0 bridgehead atoms. The lowest BCUT2D eigenvalue weighted by Crippen LogP contribution is -2.21. The third-order valence-electron chi connectivity index (χ3n) is 4.67. The van der Waals surface area contributed by atoms with Gasteiger partial charge in [0.25, 0.3) is 5.91 Å². The zero-order chi connectivity index (χ0) is 20.8. The zero-order valence-corrected chi connectivity index (χ0v) is 17.9. The molecule has 0 fully saturated rings. The predicted octanol–water partition coefficient (Wildman–Crippen LogP) is 5.12. The first-order valence-corrected chi connectivity index (χ1v) is 10.6. The van der Waals surface area contributed by atoms with E-state index in [-0.39, 0.29) is 18.5 Å². The Morgan fingerprint density at radius 3 is 2.52 bits per heavy atom. The molecule has 0 aliphatic carbocycles. The molecule has 0 aliphatic heterocycles. The molecular formula is C23H26N2O3S. The van der Waals surface area contributed by atoms with Gasteiger partial charge in [-0.05, 0) is 63.3 Å². The van der Waals surface area contributed by atoms with Gasteiger partial charge in [-0.15, -0.1) is 11.3 Å². The number of carbonyl (C=O) groups is 2. The largest absolute Gasteiger partial charge is 0.456 e. The molecule has 3 aromatic rings. The molecule has 29 heavy (non-hydrogen) atoms. The third kappa shape index (κ3) is 5.87. The van der Waals surface area contributed by atoms with Crippen LogP contribution in [0.25, 0.3) is 10.2 Å². The standard InChI is InChI=1S/C23H26N2O3S/c1-15-12-16(2)23(17(3)13-15)25-20(26)14-28-22(27)11-7-6-10-21-24-18-8-4-5-9-19(18)29-21/h4-5,8-9,12-13H,6-7,10-11,14H2,1-3H3,(H,25,26). The minimum absolute atomic E-state index is 0.260. The molecule has 1 N–H and O–H groups in total. The van der Waals surface area contributed by atoms with Gasteiger partial charge in [-0.2, -0.15) is 0 Å². The molecule has 0 radical (unpaired) electrons. The van der Waals surface area contributed by atoms with Crippen LogP contribution in [0.2, 0.25) is 0 Å². The van der Waals surface area contributed by atoms with Crippen molar-refractivity contribution < 1.29 is 14.3 Å². The number of nitrogens with zero attached hydrogens (tertiary/aromatic N) is 1. The normalized spacial score (nSPS) is 10.9. The Balaban J connectivity index is 1.37. The first-order valence-electron chi connectivity index (χ1n) is 9.80. The highest BCUT2D eigenvalue weighted by molar-refractivity contribution is 7.18. The summed E-state index contributed by atoms with van der Waals surface area (Å²) >= 11 is 1.69. The van der Waals surface area contributed by atoms with Gasteiger partial charge < -0.3 is 10.1 Å². The number of aromatic nitrogens is 1. The Kier molecular flexibility index (Phi) is 6.99. The van der Waals surface area contributed by atoms with Crippen LogP contribution in [0.3, 0.4) is 0 Å². The highest BCUT2D eigenvalue weighted by Crippen LogP contribution is 2.23. The number of carbonyl (C=O) groups excluding carboxylic acids is 2. The summed E-state index contributed by atoms with van der Waals surface area (Å²) in [4.78, 5) is 28.6. The number of amides is 1. The number of esters is 1. The summed E-state index contributed by atoms with van der Waals surface area (Å²) in [6.45, 7) is 5.66. The number of hydrogen-bond acceptors (Lipinski definition) is 5. The average Bonchev–Trinajstić information content (AvgIpc) is 3.09. The van der Waals surface area contributed by atoms with Crippen LogP contribution in [0, 0.1) is 20.8 Å². The molecule has 6 heteroatoms. The minimum atomic E-state index is -0.346. The lowest BCUT2D eigenvalue weighted by molar-refractivity contribution is -0.147. The molecule has 0 atom stereocenters. The lowest BCUT2D eigenvalue weighted by atomic mass is 10.1. The smallest absolute Gasteiger partial charge is 0.306 e. The Morgan fingerprint density at radius 2 is 1.79 bits per heavy atom. The summed E-state index contributed by atoms with van der Waals surface area (Å²) in [5.41, 5.74) is 4.95. The maximum absolute atomic E-state index is 12.1. The number of anilines is 1. The highest BCUT2D eigenvalue weighted by Gasteiger charge is 2.11. The van der Waals surface area contributed by atoms with Crippen molar-refractivity contribution in [1.29, 1.82) is 0 Å². The van der Waals surface area contributed by atoms with Gasteiger partial charge in [0.05, 0.1) is 15.2 Å². The van der Waals surface area contributed by atoms with E-state index in [2.05, 4.69) is 16.4 Å². The maximum Gasteiger partial charge on any atom is 0.306 e. The van der Waals surface area contributed by atoms with E-state index in [1.54, 1.807) is 11.3 Å². The first-order chi connectivity index (χ1) is 13.9. The predicted molar refractivity (Wildman–Crippen MR) is 117 cm³/mol. The Hall–Kier alpha value is -2.73. The number of aryl methyl sites for hydroxylation is 4. The Labute approximate surface area is 175 Å². The molecular weight excluding hydrogens is 384 g/mol. The van der Waals surface area contributed by atoms with Crippen LogP contribution < -0.4 is 5.32 Å². The monoisotopic (exact) mass is 410 g/mol. The minimum Gasteiger partial charge on any atom is -0.456 e. The molecule has 3 rings (SSSR count). The molecule has 0 saturated heterocycles. The Morgan fingerprint density at radius 1 is 1.07 bits per heavy atom. The van der Waals surface area contributed by atoms with Crippen molar-refractivity contribution in [2.24, 2.45) is 0 Å². The fourth-order valence-electron chi connectivity index (χ4n) is 3.34. The number of rotatable bonds is 8. The van der Waals surface area contributed by atoms with Crippen molar-refractivity contribution in [1.82, 2.24) is 4.98 Å². The van der Waals surface area contributed by atoms with Gasteiger partial charge in [0, 0.05) is 12.1 Å². The van der Waals surface area contributed by atoms with E-state index in [1.807, 2.05) is 51.1 Å². The quantitative estimate of drug-likeness (QED) is 0.414. The van der Waals surface area contributed by atoms with Crippen molar-refractivity contribution in [3.8, 4) is 0 Å². The van der Waals surface area contributed by atoms with Crippen LogP contribution in [0.5, 0.6) is 0 Å². The lowest BCUT2D eigenvalue weighted by Gasteiger charge is -2.13. The van der Waals surface area contributed by atoms with Crippen molar-refractivity contribution in [3.63, 3.8) is 0 Å². The van der Waals surface area contributed by atoms with Crippen molar-refractivity contribution in [2.75, 3.05) is 11.9 Å². The number of hydrogen-bond donors (Lipinski definition) is 1. The van der Waals surface area contributed by atoms with E-state index in [4.69, 9.17) is 4.74 Å². The summed E-state index contributed by atoms with van der Waals surface area (Å²) < 4.78 is 6.30. The number of benzene rings is 2. The van der Waals surface area contributed by atoms with Gasteiger partial charge in [-0.1, -0.05) is 29.8 Å². The van der Waals surface area contributed by atoms with Gasteiger partial charge in [0.1, 0.15) is 0 Å². The van der Waals surface area contributed by atoms with E-state index in [1.165, 1.54) is 4.70 Å². The van der Waals surface area contributed by atoms with Crippen LogP contribution >= 0.6 is 11.3 Å². The van der Waals surface area contributed by atoms with Crippen molar-refractivity contribution in [3.05, 3.63) is 58.1 Å². The van der Waals surface area contributed by atoms with Gasteiger partial charge >= 0.3 is 5.97 Å². The van der Waals surface area contributed by atoms with E-state index >= 15 is 0 Å². The number of unbranched alkanes of at least 4 members (excludes halogenated alkanes) is 1. The van der Waals surface area contributed by atoms with Crippen LogP contribution in [0.15, 0.2) is 36.4 Å². The fourth-order valence-corrected chi connectivity index (χ4v) is 4.35. The van der Waals surface area contributed by atoms with E-state index in [0.29, 0.717) is 12.8 Å². The molecule has 0 aliphatic rings. The number of nitrogens with one attached hydrogen (secondary N) is 1. The second-order valence-corrected chi connectivity index (χ2v) is 8.38. The van der Waals surface area contributed by atoms with E-state index < -0.39 is 0 Å². The SMILES string of the molecule is Cc1cc(C)c(NC(=O)COC(=O)CCCCc2nc3ccccc3s2)c(C)c1. The molecule has 1 amide bonds. The Bertz CT molecular complexity index is 970. The van der Waals surface area contributed by atoms with Crippen LogP contribution in [-0.2, 0) is 20.7 Å². The van der Waals surface area contributed by atoms with Gasteiger partial charge in [0.15, 0.2) is 6.61 Å². The number of thiazole rings is 1. The van der Waals surface area contributed by atoms with Crippen LogP contribution in [-0.4, -0.2) is 23.5 Å². The fraction of sp³-hybridized carbons (Fsp3) is 0.348. The second kappa shape index (κ2) is 9.65. The summed E-state index contributed by atoms with van der Waals surface area (Å²) in [6, 6.07) is 12.1. The average molecular weight is 411 g/mol. The zero-order valence-electron chi connectivity index (χ0n) is 17.1. The van der Waals surface area contributed by atoms with Gasteiger partial charge in [0.2, 0.25) is 0 Å². The molecule has 1 heterocycles. The summed E-state index contributed by atoms with van der Waals surface area (Å²) in [6.07, 6.45) is 2.73. The summed E-state index contributed by atoms with van der Waals surface area (Å²) in [5.74, 6) is -0.662. The molecule has 152 valence electrons. The van der Waals surface area contributed by atoms with Crippen molar-refractivity contribution in [2.45, 2.75) is 46.5 Å². The van der Waals surface area contributed by atoms with Crippen molar-refractivity contribution >= 4 is 39.1 Å². The summed E-state index contributed by atoms with van der Waals surface area (Å²) in [7, 11) is 0. The molecule has 5 nitrogen and oxygen atoms in total. The van der Waals surface area contributed by atoms with Gasteiger partial charge in [-0.3, -0.25) is 9.59 Å². The molecule has 2 aromatic carbocycles. The topological polar surface area (TPSA) is 68.3 Å². The van der Waals surface area contributed by atoms with Crippen LogP contribution in [0.1, 0.15) is 41.0 Å².